The smallest absolute Gasteiger partial charge is 0.236 e. The van der Waals surface area contributed by atoms with E-state index in [1.54, 1.807) is 6.20 Å². The Morgan fingerprint density at radius 1 is 1.07 bits per heavy atom. The van der Waals surface area contributed by atoms with Crippen LogP contribution < -0.4 is 14.8 Å². The molecular weight excluding hydrogens is 372 g/mol. The van der Waals surface area contributed by atoms with Crippen LogP contribution in [0.15, 0.2) is 53.2 Å². The van der Waals surface area contributed by atoms with Gasteiger partial charge in [0.1, 0.15) is 0 Å². The maximum Gasteiger partial charge on any atom is 0.236 e. The second-order valence-electron chi connectivity index (χ2n) is 7.35. The number of nitrogens with one attached hydrogen (secondary N) is 2. The van der Waals surface area contributed by atoms with Gasteiger partial charge in [0.05, 0.1) is 22.8 Å². The Bertz CT molecular complexity index is 1250. The summed E-state index contributed by atoms with van der Waals surface area (Å²) in [5, 5.41) is 15.1. The molecule has 2 aromatic heterocycles. The molecule has 0 unspecified atom stereocenters. The predicted molar refractivity (Wildman–Crippen MR) is 104 cm³/mol. The van der Waals surface area contributed by atoms with Crippen LogP contribution in [0.25, 0.3) is 22.2 Å². The SMILES string of the molecule is O=C(Nc1ccc2cn[nH]c2c1)C1(c2cc(-c3ccc4c(c3)OCO4)on2)CC1. The zero-order chi connectivity index (χ0) is 19.4. The summed E-state index contributed by atoms with van der Waals surface area (Å²) in [5.41, 5.74) is 2.41. The van der Waals surface area contributed by atoms with Crippen LogP contribution in [0, 0.1) is 0 Å². The lowest BCUT2D eigenvalue weighted by Crippen LogP contribution is -2.28. The van der Waals surface area contributed by atoms with Gasteiger partial charge in [0.25, 0.3) is 0 Å². The van der Waals surface area contributed by atoms with Crippen molar-refractivity contribution in [3.63, 3.8) is 0 Å². The zero-order valence-electron chi connectivity index (χ0n) is 15.3. The summed E-state index contributed by atoms with van der Waals surface area (Å²) in [6.45, 7) is 0.216. The van der Waals surface area contributed by atoms with Crippen molar-refractivity contribution >= 4 is 22.5 Å². The van der Waals surface area contributed by atoms with Crippen molar-refractivity contribution in [3.8, 4) is 22.8 Å². The molecule has 2 aliphatic rings. The van der Waals surface area contributed by atoms with E-state index in [-0.39, 0.29) is 12.7 Å². The van der Waals surface area contributed by atoms with Gasteiger partial charge in [-0.3, -0.25) is 9.89 Å². The maximum absolute atomic E-state index is 13.0. The van der Waals surface area contributed by atoms with Gasteiger partial charge in [0.15, 0.2) is 17.3 Å². The molecule has 0 spiro atoms. The van der Waals surface area contributed by atoms with E-state index < -0.39 is 5.41 Å². The third-order valence-electron chi connectivity index (χ3n) is 5.54. The third kappa shape index (κ3) is 2.56. The Hall–Kier alpha value is -3.81. The number of carbonyl (C=O) groups excluding carboxylic acids is 1. The second kappa shape index (κ2) is 5.84. The van der Waals surface area contributed by atoms with E-state index in [0.717, 1.165) is 35.0 Å². The fraction of sp³-hybridized carbons (Fsp3) is 0.190. The van der Waals surface area contributed by atoms with Gasteiger partial charge in [-0.1, -0.05) is 5.16 Å². The zero-order valence-corrected chi connectivity index (χ0v) is 15.3. The normalized spacial score (nSPS) is 16.1. The molecule has 4 aromatic rings. The molecule has 3 heterocycles. The number of nitrogens with zero attached hydrogens (tertiary/aromatic N) is 2. The highest BCUT2D eigenvalue weighted by atomic mass is 16.7. The van der Waals surface area contributed by atoms with Crippen LogP contribution in [0.3, 0.4) is 0 Å². The van der Waals surface area contributed by atoms with Crippen molar-refractivity contribution in [2.24, 2.45) is 0 Å². The molecule has 144 valence electrons. The number of hydrogen-bond acceptors (Lipinski definition) is 6. The summed E-state index contributed by atoms with van der Waals surface area (Å²) in [5.74, 6) is 1.90. The van der Waals surface area contributed by atoms with Crippen LogP contribution in [0.2, 0.25) is 0 Å². The Morgan fingerprint density at radius 3 is 2.86 bits per heavy atom. The van der Waals surface area contributed by atoms with E-state index in [1.807, 2.05) is 42.5 Å². The minimum absolute atomic E-state index is 0.0816. The van der Waals surface area contributed by atoms with Crippen LogP contribution in [-0.4, -0.2) is 28.1 Å². The molecule has 2 N–H and O–H groups in total. The molecule has 1 amide bonds. The Labute approximate surface area is 164 Å². The Kier molecular flexibility index (Phi) is 3.26. The molecular formula is C21H16N4O4. The highest BCUT2D eigenvalue weighted by molar-refractivity contribution is 6.02. The monoisotopic (exact) mass is 388 g/mol. The van der Waals surface area contributed by atoms with Crippen molar-refractivity contribution in [1.82, 2.24) is 15.4 Å². The van der Waals surface area contributed by atoms with Crippen molar-refractivity contribution in [2.45, 2.75) is 18.3 Å². The van der Waals surface area contributed by atoms with Gasteiger partial charge in [-0.05, 0) is 49.2 Å². The standard InChI is InChI=1S/C21H16N4O4/c26-20(23-14-3-1-13-10-22-24-15(13)8-14)21(5-6-21)19-9-17(29-25-19)12-2-4-16-18(7-12)28-11-27-16/h1-4,7-10H,5-6,11H2,(H,22,24)(H,23,26). The van der Waals surface area contributed by atoms with Crippen LogP contribution in [0.1, 0.15) is 18.5 Å². The lowest BCUT2D eigenvalue weighted by molar-refractivity contribution is -0.118. The Morgan fingerprint density at radius 2 is 1.97 bits per heavy atom. The lowest BCUT2D eigenvalue weighted by atomic mass is 10.00. The average molecular weight is 388 g/mol. The molecule has 8 nitrogen and oxygen atoms in total. The summed E-state index contributed by atoms with van der Waals surface area (Å²) >= 11 is 0. The summed E-state index contributed by atoms with van der Waals surface area (Å²) in [6.07, 6.45) is 3.22. The molecule has 29 heavy (non-hydrogen) atoms. The van der Waals surface area contributed by atoms with Crippen LogP contribution in [-0.2, 0) is 10.2 Å². The molecule has 1 fully saturated rings. The van der Waals surface area contributed by atoms with Crippen molar-refractivity contribution in [2.75, 3.05) is 12.1 Å². The fourth-order valence-electron chi connectivity index (χ4n) is 3.68. The van der Waals surface area contributed by atoms with Gasteiger partial charge in [-0.15, -0.1) is 0 Å². The summed E-state index contributed by atoms with van der Waals surface area (Å²) in [7, 11) is 0. The molecule has 0 atom stereocenters. The first-order valence-corrected chi connectivity index (χ1v) is 9.33. The largest absolute Gasteiger partial charge is 0.454 e. The molecule has 0 saturated heterocycles. The number of hydrogen-bond donors (Lipinski definition) is 2. The third-order valence-corrected chi connectivity index (χ3v) is 5.54. The minimum Gasteiger partial charge on any atom is -0.454 e. The molecule has 6 rings (SSSR count). The predicted octanol–water partition coefficient (Wildman–Crippen LogP) is 3.62. The number of amides is 1. The van der Waals surface area contributed by atoms with Crippen LogP contribution >= 0.6 is 0 Å². The molecule has 0 bridgehead atoms. The first kappa shape index (κ1) is 16.2. The van der Waals surface area contributed by atoms with E-state index >= 15 is 0 Å². The number of fused-ring (bicyclic) bond motifs is 2. The summed E-state index contributed by atoms with van der Waals surface area (Å²) in [4.78, 5) is 13.0. The maximum atomic E-state index is 13.0. The molecule has 1 aliphatic carbocycles. The molecule has 8 heteroatoms. The molecule has 2 aromatic carbocycles. The number of rotatable bonds is 4. The van der Waals surface area contributed by atoms with Crippen molar-refractivity contribution in [3.05, 3.63) is 54.4 Å². The average Bonchev–Trinajstić information content (AvgIpc) is 3.12. The summed E-state index contributed by atoms with van der Waals surface area (Å²) < 4.78 is 16.3. The second-order valence-corrected chi connectivity index (χ2v) is 7.35. The Balaban J connectivity index is 1.26. The number of benzene rings is 2. The minimum atomic E-state index is -0.652. The number of aromatic amines is 1. The number of ether oxygens (including phenoxy) is 2. The van der Waals surface area contributed by atoms with E-state index in [1.165, 1.54) is 0 Å². The summed E-state index contributed by atoms with van der Waals surface area (Å²) in [6, 6.07) is 13.1. The highest BCUT2D eigenvalue weighted by Crippen LogP contribution is 2.49. The first-order chi connectivity index (χ1) is 14.2. The van der Waals surface area contributed by atoms with E-state index in [9.17, 15) is 4.79 Å². The van der Waals surface area contributed by atoms with Gasteiger partial charge in [0.2, 0.25) is 12.7 Å². The van der Waals surface area contributed by atoms with Crippen LogP contribution in [0.5, 0.6) is 11.5 Å². The first-order valence-electron chi connectivity index (χ1n) is 9.33. The number of H-pyrrole nitrogens is 1. The van der Waals surface area contributed by atoms with Gasteiger partial charge >= 0.3 is 0 Å². The topological polar surface area (TPSA) is 102 Å². The van der Waals surface area contributed by atoms with Gasteiger partial charge in [-0.2, -0.15) is 5.10 Å². The highest BCUT2D eigenvalue weighted by Gasteiger charge is 2.53. The van der Waals surface area contributed by atoms with Gasteiger partial charge in [0, 0.05) is 22.7 Å². The van der Waals surface area contributed by atoms with E-state index in [4.69, 9.17) is 14.0 Å². The molecule has 0 radical (unpaired) electrons. The van der Waals surface area contributed by atoms with E-state index in [2.05, 4.69) is 20.7 Å². The van der Waals surface area contributed by atoms with Crippen LogP contribution in [0.4, 0.5) is 5.69 Å². The number of aromatic nitrogens is 3. The molecule has 1 aliphatic heterocycles. The molecule has 1 saturated carbocycles. The van der Waals surface area contributed by atoms with Gasteiger partial charge in [-0.25, -0.2) is 0 Å². The fourth-order valence-corrected chi connectivity index (χ4v) is 3.68. The van der Waals surface area contributed by atoms with Gasteiger partial charge < -0.3 is 19.3 Å². The number of anilines is 1. The quantitative estimate of drug-likeness (QED) is 0.554. The van der Waals surface area contributed by atoms with E-state index in [0.29, 0.717) is 23.0 Å². The number of carbonyl (C=O) groups is 1. The van der Waals surface area contributed by atoms with Crippen molar-refractivity contribution < 1.29 is 18.8 Å². The van der Waals surface area contributed by atoms with Crippen molar-refractivity contribution in [1.29, 1.82) is 0 Å². The lowest BCUT2D eigenvalue weighted by Gasteiger charge is -2.12.